The molecule has 1 aliphatic carbocycles. The van der Waals surface area contributed by atoms with Gasteiger partial charge in [0.1, 0.15) is 0 Å². The van der Waals surface area contributed by atoms with E-state index in [4.69, 9.17) is 4.74 Å². The van der Waals surface area contributed by atoms with Crippen LogP contribution in [0.1, 0.15) is 31.9 Å². The van der Waals surface area contributed by atoms with E-state index >= 15 is 0 Å². The van der Waals surface area contributed by atoms with Crippen LogP contribution < -0.4 is 5.43 Å². The number of nitrogens with zero attached hydrogens (tertiary/aromatic N) is 2. The number of ether oxygens (including phenoxy) is 1. The summed E-state index contributed by atoms with van der Waals surface area (Å²) in [5.41, 5.74) is 3.63. The summed E-state index contributed by atoms with van der Waals surface area (Å²) in [6.45, 7) is 2.19. The molecule has 1 atom stereocenters. The highest BCUT2D eigenvalue weighted by molar-refractivity contribution is 7.13. The number of thiazole rings is 1. The Balaban J connectivity index is 1.79. The number of hydrogen-bond acceptors (Lipinski definition) is 6. The summed E-state index contributed by atoms with van der Waals surface area (Å²) in [6.07, 6.45) is 9.88. The Morgan fingerprint density at radius 1 is 1.65 bits per heavy atom. The summed E-state index contributed by atoms with van der Waals surface area (Å²) >= 11 is 1.44. The SMILES string of the molecule is CCOC(=O)Cc1csc(NN=C[C@@H]2CC=CCC2)n1. The lowest BCUT2D eigenvalue weighted by atomic mass is 9.96. The van der Waals surface area contributed by atoms with Crippen molar-refractivity contribution in [1.29, 1.82) is 0 Å². The molecule has 0 amide bonds. The third-order valence-corrected chi connectivity index (χ3v) is 3.73. The third-order valence-electron chi connectivity index (χ3n) is 2.94. The van der Waals surface area contributed by atoms with Crippen LogP contribution in [0, 0.1) is 5.92 Å². The molecule has 0 aliphatic heterocycles. The highest BCUT2D eigenvalue weighted by Crippen LogP contribution is 2.18. The molecule has 5 nitrogen and oxygen atoms in total. The van der Waals surface area contributed by atoms with Gasteiger partial charge in [-0.2, -0.15) is 5.10 Å². The van der Waals surface area contributed by atoms with Crippen LogP contribution in [-0.4, -0.2) is 23.8 Å². The second-order valence-corrected chi connectivity index (χ2v) is 5.42. The molecule has 1 aliphatic rings. The molecule has 1 heterocycles. The Bertz CT molecular complexity index is 496. The molecule has 0 spiro atoms. The van der Waals surface area contributed by atoms with Gasteiger partial charge in [0.05, 0.1) is 18.7 Å². The van der Waals surface area contributed by atoms with Gasteiger partial charge in [-0.15, -0.1) is 11.3 Å². The van der Waals surface area contributed by atoms with E-state index in [-0.39, 0.29) is 12.4 Å². The molecule has 0 saturated carbocycles. The van der Waals surface area contributed by atoms with Crippen LogP contribution in [0.25, 0.3) is 0 Å². The van der Waals surface area contributed by atoms with E-state index in [0.29, 0.717) is 23.4 Å². The molecule has 0 saturated heterocycles. The molecule has 2 rings (SSSR count). The lowest BCUT2D eigenvalue weighted by molar-refractivity contribution is -0.142. The van der Waals surface area contributed by atoms with Crippen LogP contribution in [0.2, 0.25) is 0 Å². The Morgan fingerprint density at radius 2 is 2.55 bits per heavy atom. The molecule has 1 aromatic rings. The van der Waals surface area contributed by atoms with E-state index in [9.17, 15) is 4.79 Å². The van der Waals surface area contributed by atoms with Gasteiger partial charge in [-0.25, -0.2) is 4.98 Å². The van der Waals surface area contributed by atoms with E-state index in [1.54, 1.807) is 6.92 Å². The van der Waals surface area contributed by atoms with Gasteiger partial charge < -0.3 is 4.74 Å². The number of aromatic nitrogens is 1. The molecule has 0 unspecified atom stereocenters. The van der Waals surface area contributed by atoms with Crippen molar-refractivity contribution >= 4 is 28.7 Å². The summed E-state index contributed by atoms with van der Waals surface area (Å²) in [6, 6.07) is 0. The Kier molecular flexibility index (Phi) is 5.73. The van der Waals surface area contributed by atoms with Gasteiger partial charge in [0, 0.05) is 11.6 Å². The fraction of sp³-hybridized carbons (Fsp3) is 0.500. The van der Waals surface area contributed by atoms with Crippen LogP contribution in [0.15, 0.2) is 22.6 Å². The fourth-order valence-corrected chi connectivity index (χ4v) is 2.61. The number of hydrazone groups is 1. The number of carbonyl (C=O) groups is 1. The van der Waals surface area contributed by atoms with E-state index in [1.807, 2.05) is 11.6 Å². The molecular weight excluding hydrogens is 274 g/mol. The topological polar surface area (TPSA) is 63.6 Å². The number of anilines is 1. The van der Waals surface area contributed by atoms with Gasteiger partial charge in [0.2, 0.25) is 5.13 Å². The Morgan fingerprint density at radius 3 is 3.30 bits per heavy atom. The lowest BCUT2D eigenvalue weighted by Gasteiger charge is -2.11. The van der Waals surface area contributed by atoms with Crippen LogP contribution >= 0.6 is 11.3 Å². The second-order valence-electron chi connectivity index (χ2n) is 4.56. The zero-order valence-corrected chi connectivity index (χ0v) is 12.4. The summed E-state index contributed by atoms with van der Waals surface area (Å²) in [5, 5.41) is 6.76. The summed E-state index contributed by atoms with van der Waals surface area (Å²) in [5.74, 6) is 0.258. The highest BCUT2D eigenvalue weighted by atomic mass is 32.1. The normalized spacial score (nSPS) is 18.4. The van der Waals surface area contributed by atoms with Crippen LogP contribution in [0.4, 0.5) is 5.13 Å². The van der Waals surface area contributed by atoms with Crippen LogP contribution in [-0.2, 0) is 16.0 Å². The maximum atomic E-state index is 11.3. The average Bonchev–Trinajstić information content (AvgIpc) is 2.88. The largest absolute Gasteiger partial charge is 0.466 e. The van der Waals surface area contributed by atoms with E-state index in [2.05, 4.69) is 27.7 Å². The minimum absolute atomic E-state index is 0.211. The minimum atomic E-state index is -0.248. The van der Waals surface area contributed by atoms with Gasteiger partial charge in [0.25, 0.3) is 0 Å². The van der Waals surface area contributed by atoms with E-state index in [0.717, 1.165) is 19.3 Å². The van der Waals surface area contributed by atoms with E-state index in [1.165, 1.54) is 11.3 Å². The first kappa shape index (κ1) is 14.7. The van der Waals surface area contributed by atoms with Crippen molar-refractivity contribution in [2.24, 2.45) is 11.0 Å². The Labute approximate surface area is 122 Å². The fourth-order valence-electron chi connectivity index (χ4n) is 1.95. The highest BCUT2D eigenvalue weighted by Gasteiger charge is 2.09. The summed E-state index contributed by atoms with van der Waals surface area (Å²) in [7, 11) is 0. The molecule has 0 aromatic carbocycles. The number of esters is 1. The molecule has 108 valence electrons. The van der Waals surface area contributed by atoms with Gasteiger partial charge in [0.15, 0.2) is 0 Å². The van der Waals surface area contributed by atoms with Gasteiger partial charge >= 0.3 is 5.97 Å². The van der Waals surface area contributed by atoms with Crippen molar-refractivity contribution in [2.45, 2.75) is 32.6 Å². The van der Waals surface area contributed by atoms with Gasteiger partial charge in [-0.1, -0.05) is 12.2 Å². The van der Waals surface area contributed by atoms with E-state index < -0.39 is 0 Å². The molecule has 0 radical (unpaired) electrons. The van der Waals surface area contributed by atoms with Crippen molar-refractivity contribution in [1.82, 2.24) is 4.98 Å². The van der Waals surface area contributed by atoms with Crippen molar-refractivity contribution in [3.8, 4) is 0 Å². The summed E-state index contributed by atoms with van der Waals surface area (Å²) in [4.78, 5) is 15.6. The maximum Gasteiger partial charge on any atom is 0.311 e. The number of allylic oxidation sites excluding steroid dienone is 2. The zero-order chi connectivity index (χ0) is 14.2. The molecule has 0 bridgehead atoms. The van der Waals surface area contributed by atoms with Crippen molar-refractivity contribution in [3.05, 3.63) is 23.2 Å². The third kappa shape index (κ3) is 4.77. The van der Waals surface area contributed by atoms with Gasteiger partial charge in [-0.3, -0.25) is 10.2 Å². The number of carbonyl (C=O) groups excluding carboxylic acids is 1. The smallest absolute Gasteiger partial charge is 0.311 e. The molecule has 1 aromatic heterocycles. The van der Waals surface area contributed by atoms with Crippen molar-refractivity contribution in [3.63, 3.8) is 0 Å². The molecule has 0 fully saturated rings. The standard InChI is InChI=1S/C14H19N3O2S/c1-2-19-13(18)8-12-10-20-14(16-12)17-15-9-11-6-4-3-5-7-11/h3-4,9-11H,2,5-8H2,1H3,(H,16,17)/t11-/m1/s1. The number of hydrogen-bond donors (Lipinski definition) is 1. The summed E-state index contributed by atoms with van der Waals surface area (Å²) < 4.78 is 4.88. The molecular formula is C14H19N3O2S. The first-order valence-electron chi connectivity index (χ1n) is 6.82. The first-order chi connectivity index (χ1) is 9.78. The molecule has 20 heavy (non-hydrogen) atoms. The zero-order valence-electron chi connectivity index (χ0n) is 11.5. The lowest BCUT2D eigenvalue weighted by Crippen LogP contribution is -2.07. The number of nitrogens with one attached hydrogen (secondary N) is 1. The predicted octanol–water partition coefficient (Wildman–Crippen LogP) is 3.00. The molecule has 1 N–H and O–H groups in total. The Hall–Kier alpha value is -1.69. The van der Waals surface area contributed by atoms with Crippen LogP contribution in [0.5, 0.6) is 0 Å². The average molecular weight is 293 g/mol. The predicted molar refractivity (Wildman–Crippen MR) is 81.0 cm³/mol. The number of rotatable bonds is 6. The maximum absolute atomic E-state index is 11.3. The van der Waals surface area contributed by atoms with Crippen LogP contribution in [0.3, 0.4) is 0 Å². The quantitative estimate of drug-likeness (QED) is 0.379. The van der Waals surface area contributed by atoms with Crippen molar-refractivity contribution in [2.75, 3.05) is 12.0 Å². The van der Waals surface area contributed by atoms with Crippen molar-refractivity contribution < 1.29 is 9.53 Å². The second kappa shape index (κ2) is 7.79. The monoisotopic (exact) mass is 293 g/mol. The molecule has 6 heteroatoms. The minimum Gasteiger partial charge on any atom is -0.466 e. The first-order valence-corrected chi connectivity index (χ1v) is 7.70. The van der Waals surface area contributed by atoms with Gasteiger partial charge in [-0.05, 0) is 32.1 Å².